The highest BCUT2D eigenvalue weighted by molar-refractivity contribution is 7.89. The number of hydrogen-bond donors (Lipinski definition) is 1. The third-order valence-electron chi connectivity index (χ3n) is 11.3. The standard InChI is InChI=1S/C33H44N4O3SSi/c1-31(2)30(40-31)29-23-11-9-13-25-28(23)33(27(21-34)36(25)3)15-17-37(29)26-20-22-10-7-8-12-24(22)32(26,33)14-16-35-41(38,39)18-19-42(4,5)6/h7-13,26-27,29-30,35H,14-20H2,1-6H3/t26-,27-,29+,30-,32+,33-/m1/s1. The van der Waals surface area contributed by atoms with Crippen molar-refractivity contribution in [3.8, 4) is 6.07 Å². The van der Waals surface area contributed by atoms with Gasteiger partial charge in [0.1, 0.15) is 12.1 Å². The molecule has 5 aliphatic rings. The Hall–Kier alpha value is -2.22. The number of benzene rings is 2. The van der Waals surface area contributed by atoms with Crippen molar-refractivity contribution in [1.82, 2.24) is 9.62 Å². The van der Waals surface area contributed by atoms with E-state index in [4.69, 9.17) is 4.74 Å². The molecule has 2 aromatic carbocycles. The number of sulfonamides is 1. The number of fused-ring (bicyclic) bond motifs is 1. The molecule has 2 aromatic rings. The summed E-state index contributed by atoms with van der Waals surface area (Å²) >= 11 is 0. The summed E-state index contributed by atoms with van der Waals surface area (Å²) in [6.45, 7) is 12.3. The molecule has 4 aliphatic heterocycles. The van der Waals surface area contributed by atoms with Crippen molar-refractivity contribution in [1.29, 1.82) is 5.26 Å². The van der Waals surface area contributed by atoms with E-state index >= 15 is 0 Å². The molecule has 2 fully saturated rings. The Bertz CT molecular complexity index is 1600. The largest absolute Gasteiger partial charge is 0.365 e. The number of likely N-dealkylation sites (N-methyl/N-ethyl adjacent to an activating group) is 1. The van der Waals surface area contributed by atoms with Gasteiger partial charge in [-0.15, -0.1) is 0 Å². The predicted octanol–water partition coefficient (Wildman–Crippen LogP) is 4.71. The van der Waals surface area contributed by atoms with Crippen LogP contribution in [0.1, 0.15) is 55.0 Å². The van der Waals surface area contributed by atoms with Crippen molar-refractivity contribution in [2.75, 3.05) is 30.8 Å². The van der Waals surface area contributed by atoms with Gasteiger partial charge in [-0.3, -0.25) is 4.90 Å². The zero-order valence-corrected chi connectivity index (χ0v) is 27.6. The summed E-state index contributed by atoms with van der Waals surface area (Å²) in [7, 11) is -2.83. The highest BCUT2D eigenvalue weighted by Crippen LogP contribution is 2.70. The minimum absolute atomic E-state index is 0.0748. The van der Waals surface area contributed by atoms with Crippen LogP contribution in [0.4, 0.5) is 5.69 Å². The number of nitrogens with zero attached hydrogens (tertiary/aromatic N) is 3. The van der Waals surface area contributed by atoms with Gasteiger partial charge in [0.25, 0.3) is 0 Å². The number of ether oxygens (including phenoxy) is 1. The second-order valence-electron chi connectivity index (χ2n) is 15.1. The lowest BCUT2D eigenvalue weighted by Crippen LogP contribution is -2.68. The Labute approximate surface area is 252 Å². The summed E-state index contributed by atoms with van der Waals surface area (Å²) in [6.07, 6.45) is 2.48. The lowest BCUT2D eigenvalue weighted by Gasteiger charge is -2.58. The number of nitrogens with one attached hydrogen (secondary N) is 1. The Morgan fingerprint density at radius 2 is 1.88 bits per heavy atom. The van der Waals surface area contributed by atoms with Gasteiger partial charge in [0.05, 0.1) is 23.5 Å². The van der Waals surface area contributed by atoms with Crippen molar-refractivity contribution in [3.05, 3.63) is 64.7 Å². The number of epoxide rings is 1. The first-order valence-electron chi connectivity index (χ1n) is 15.5. The summed E-state index contributed by atoms with van der Waals surface area (Å²) in [5, 5.41) is 10.9. The first kappa shape index (κ1) is 28.5. The fourth-order valence-electron chi connectivity index (χ4n) is 9.46. The maximum absolute atomic E-state index is 13.3. The topological polar surface area (TPSA) is 89.0 Å². The predicted molar refractivity (Wildman–Crippen MR) is 169 cm³/mol. The zero-order valence-electron chi connectivity index (χ0n) is 25.8. The molecular weight excluding hydrogens is 561 g/mol. The second kappa shape index (κ2) is 9.15. The molecule has 0 saturated carbocycles. The van der Waals surface area contributed by atoms with Crippen LogP contribution in [-0.2, 0) is 32.0 Å². The van der Waals surface area contributed by atoms with Crippen LogP contribution in [-0.4, -0.2) is 71.1 Å². The summed E-state index contributed by atoms with van der Waals surface area (Å²) < 4.78 is 36.0. The molecular formula is C33H44N4O3SSi. The molecule has 42 heavy (non-hydrogen) atoms. The van der Waals surface area contributed by atoms with Gasteiger partial charge in [0.15, 0.2) is 0 Å². The smallest absolute Gasteiger partial charge is 0.211 e. The van der Waals surface area contributed by atoms with E-state index in [0.717, 1.165) is 31.1 Å². The molecule has 7 atom stereocenters. The van der Waals surface area contributed by atoms with Crippen LogP contribution in [0.15, 0.2) is 42.5 Å². The van der Waals surface area contributed by atoms with Crippen molar-refractivity contribution in [2.45, 2.75) is 99.5 Å². The van der Waals surface area contributed by atoms with Crippen LogP contribution >= 0.6 is 0 Å². The van der Waals surface area contributed by atoms with E-state index in [2.05, 4.69) is 104 Å². The molecule has 1 unspecified atom stereocenters. The van der Waals surface area contributed by atoms with Crippen molar-refractivity contribution in [2.24, 2.45) is 0 Å². The maximum Gasteiger partial charge on any atom is 0.211 e. The van der Waals surface area contributed by atoms with Gasteiger partial charge >= 0.3 is 0 Å². The number of anilines is 1. The van der Waals surface area contributed by atoms with Crippen LogP contribution in [0.5, 0.6) is 0 Å². The molecule has 7 nitrogen and oxygen atoms in total. The third-order valence-corrected chi connectivity index (χ3v) is 14.8. The lowest BCUT2D eigenvalue weighted by atomic mass is 9.49. The molecule has 224 valence electrons. The van der Waals surface area contributed by atoms with Crippen LogP contribution < -0.4 is 9.62 Å². The molecule has 2 bridgehead atoms. The Morgan fingerprint density at radius 1 is 1.14 bits per heavy atom. The van der Waals surface area contributed by atoms with E-state index in [1.807, 2.05) is 0 Å². The summed E-state index contributed by atoms with van der Waals surface area (Å²) in [4.78, 5) is 4.92. The monoisotopic (exact) mass is 604 g/mol. The van der Waals surface area contributed by atoms with Crippen LogP contribution in [0.2, 0.25) is 25.7 Å². The molecule has 0 amide bonds. The Balaban J connectivity index is 1.41. The molecule has 0 aromatic heterocycles. The molecule has 4 heterocycles. The minimum atomic E-state index is -3.40. The van der Waals surface area contributed by atoms with Crippen molar-refractivity contribution < 1.29 is 13.2 Å². The Morgan fingerprint density at radius 3 is 2.57 bits per heavy atom. The zero-order chi connectivity index (χ0) is 29.9. The highest BCUT2D eigenvalue weighted by atomic mass is 32.2. The quantitative estimate of drug-likeness (QED) is 0.347. The SMILES string of the molecule is CN1c2cccc3c2[C@@]2(CCN([C@@H]3[C@H]3OC3(C)C)[C@@H]3Cc4ccccc4[C@@]32CCNS(=O)(=O)CC[Si](C)(C)C)[C@H]1C#N. The van der Waals surface area contributed by atoms with Gasteiger partial charge in [0.2, 0.25) is 10.0 Å². The fourth-order valence-corrected chi connectivity index (χ4v) is 13.5. The van der Waals surface area contributed by atoms with Gasteiger partial charge in [-0.1, -0.05) is 56.0 Å². The van der Waals surface area contributed by atoms with Gasteiger partial charge in [-0.05, 0) is 67.5 Å². The molecule has 1 aliphatic carbocycles. The Kier molecular flexibility index (Phi) is 6.22. The average molecular weight is 605 g/mol. The number of hydrogen-bond acceptors (Lipinski definition) is 6. The molecule has 1 N–H and O–H groups in total. The van der Waals surface area contributed by atoms with Crippen LogP contribution in [0, 0.1) is 11.3 Å². The fraction of sp³-hybridized carbons (Fsp3) is 0.606. The van der Waals surface area contributed by atoms with Gasteiger partial charge in [-0.25, -0.2) is 13.1 Å². The molecule has 9 heteroatoms. The summed E-state index contributed by atoms with van der Waals surface area (Å²) in [6, 6.07) is 18.8. The minimum Gasteiger partial charge on any atom is -0.365 e. The molecule has 7 rings (SSSR count). The van der Waals surface area contributed by atoms with Gasteiger partial charge in [0, 0.05) is 50.8 Å². The number of nitriles is 1. The molecule has 2 saturated heterocycles. The first-order valence-corrected chi connectivity index (χ1v) is 20.9. The van der Waals surface area contributed by atoms with Crippen molar-refractivity contribution in [3.63, 3.8) is 0 Å². The molecule has 0 radical (unpaired) electrons. The normalized spacial score (nSPS) is 35.3. The van der Waals surface area contributed by atoms with E-state index in [-0.39, 0.29) is 35.6 Å². The first-order chi connectivity index (χ1) is 19.8. The second-order valence-corrected chi connectivity index (χ2v) is 22.6. The van der Waals surface area contributed by atoms with E-state index < -0.39 is 28.9 Å². The van der Waals surface area contributed by atoms with Gasteiger partial charge < -0.3 is 9.64 Å². The summed E-state index contributed by atoms with van der Waals surface area (Å²) in [5.74, 6) is 0.180. The number of piperidine rings is 1. The van der Waals surface area contributed by atoms with Crippen molar-refractivity contribution >= 4 is 23.8 Å². The van der Waals surface area contributed by atoms with Crippen LogP contribution in [0.25, 0.3) is 0 Å². The van der Waals surface area contributed by atoms with Crippen LogP contribution in [0.3, 0.4) is 0 Å². The van der Waals surface area contributed by atoms with E-state index in [1.165, 1.54) is 22.3 Å². The number of rotatable bonds is 8. The highest BCUT2D eigenvalue weighted by Gasteiger charge is 2.74. The third kappa shape index (κ3) is 3.81. The summed E-state index contributed by atoms with van der Waals surface area (Å²) in [5.41, 5.74) is 5.28. The molecule has 1 spiro atoms. The van der Waals surface area contributed by atoms with E-state index in [1.54, 1.807) is 0 Å². The lowest BCUT2D eigenvalue weighted by molar-refractivity contribution is -0.0163. The van der Waals surface area contributed by atoms with E-state index in [0.29, 0.717) is 13.0 Å². The maximum atomic E-state index is 13.3. The van der Waals surface area contributed by atoms with Gasteiger partial charge in [-0.2, -0.15) is 5.26 Å². The average Bonchev–Trinajstić information content (AvgIpc) is 3.38. The van der Waals surface area contributed by atoms with E-state index in [9.17, 15) is 13.7 Å².